The molecule has 3 rings (SSSR count). The molecule has 0 fully saturated rings. The van der Waals surface area contributed by atoms with Gasteiger partial charge in [0.2, 0.25) is 0 Å². The Bertz CT molecular complexity index is 879. The zero-order valence-corrected chi connectivity index (χ0v) is 15.6. The van der Waals surface area contributed by atoms with Crippen LogP contribution in [0.25, 0.3) is 0 Å². The molecule has 1 heterocycles. The van der Waals surface area contributed by atoms with Crippen LogP contribution in [0.1, 0.15) is 32.9 Å². The third kappa shape index (κ3) is 4.67. The van der Waals surface area contributed by atoms with E-state index in [1.165, 1.54) is 0 Å². The molecule has 0 spiro atoms. The Balaban J connectivity index is 1.53. The van der Waals surface area contributed by atoms with Crippen molar-refractivity contribution in [2.75, 3.05) is 7.11 Å². The first-order valence-electron chi connectivity index (χ1n) is 8.62. The summed E-state index contributed by atoms with van der Waals surface area (Å²) in [6, 6.07) is 14.6. The lowest BCUT2D eigenvalue weighted by atomic mass is 10.2. The number of methoxy groups -OCH3 is 1. The van der Waals surface area contributed by atoms with Gasteiger partial charge in [0.25, 0.3) is 5.91 Å². The maximum absolute atomic E-state index is 12.3. The van der Waals surface area contributed by atoms with E-state index in [1.807, 2.05) is 38.1 Å². The number of benzene rings is 2. The quantitative estimate of drug-likeness (QED) is 0.688. The predicted molar refractivity (Wildman–Crippen MR) is 101 cm³/mol. The van der Waals surface area contributed by atoms with E-state index in [-0.39, 0.29) is 5.91 Å². The van der Waals surface area contributed by atoms with Gasteiger partial charge < -0.3 is 19.3 Å². The van der Waals surface area contributed by atoms with Gasteiger partial charge in [-0.1, -0.05) is 17.3 Å². The molecule has 27 heavy (non-hydrogen) atoms. The van der Waals surface area contributed by atoms with Crippen molar-refractivity contribution in [2.24, 2.45) is 0 Å². The summed E-state index contributed by atoms with van der Waals surface area (Å²) in [4.78, 5) is 12.3. The van der Waals surface area contributed by atoms with Crippen LogP contribution in [0.4, 0.5) is 0 Å². The zero-order valence-electron chi connectivity index (χ0n) is 15.6. The Labute approximate surface area is 158 Å². The molecule has 2 aromatic carbocycles. The number of aromatic nitrogens is 1. The summed E-state index contributed by atoms with van der Waals surface area (Å²) >= 11 is 0. The minimum Gasteiger partial charge on any atom is -0.497 e. The summed E-state index contributed by atoms with van der Waals surface area (Å²) < 4.78 is 16.0. The molecule has 6 heteroatoms. The normalized spacial score (nSPS) is 10.5. The van der Waals surface area contributed by atoms with Crippen LogP contribution in [-0.2, 0) is 13.2 Å². The summed E-state index contributed by atoms with van der Waals surface area (Å²) in [5, 5.41) is 6.81. The second-order valence-corrected chi connectivity index (χ2v) is 6.15. The SMILES string of the molecule is COc1ccc(CNC(=O)c2ccc(OCc3c(C)noc3C)cc2)cc1. The molecule has 1 aromatic heterocycles. The Morgan fingerprint density at radius 1 is 1.04 bits per heavy atom. The summed E-state index contributed by atoms with van der Waals surface area (Å²) in [5.41, 5.74) is 3.34. The van der Waals surface area contributed by atoms with Crippen LogP contribution in [0.5, 0.6) is 11.5 Å². The van der Waals surface area contributed by atoms with E-state index in [2.05, 4.69) is 10.5 Å². The summed E-state index contributed by atoms with van der Waals surface area (Å²) in [6.45, 7) is 4.57. The van der Waals surface area contributed by atoms with E-state index < -0.39 is 0 Å². The van der Waals surface area contributed by atoms with E-state index in [1.54, 1.807) is 31.4 Å². The molecule has 140 valence electrons. The van der Waals surface area contributed by atoms with Crippen LogP contribution in [-0.4, -0.2) is 18.2 Å². The Morgan fingerprint density at radius 2 is 1.70 bits per heavy atom. The fourth-order valence-corrected chi connectivity index (χ4v) is 2.59. The van der Waals surface area contributed by atoms with E-state index >= 15 is 0 Å². The molecule has 0 aliphatic rings. The fraction of sp³-hybridized carbons (Fsp3) is 0.238. The number of aryl methyl sites for hydroxylation is 2. The fourth-order valence-electron chi connectivity index (χ4n) is 2.59. The summed E-state index contributed by atoms with van der Waals surface area (Å²) in [6.07, 6.45) is 0. The van der Waals surface area contributed by atoms with Gasteiger partial charge in [-0.05, 0) is 55.8 Å². The molecule has 0 unspecified atom stereocenters. The highest BCUT2D eigenvalue weighted by Crippen LogP contribution is 2.18. The van der Waals surface area contributed by atoms with Gasteiger partial charge in [-0.2, -0.15) is 0 Å². The van der Waals surface area contributed by atoms with Crippen molar-refractivity contribution in [1.29, 1.82) is 0 Å². The molecule has 3 aromatic rings. The highest BCUT2D eigenvalue weighted by atomic mass is 16.5. The molecule has 1 amide bonds. The van der Waals surface area contributed by atoms with Crippen LogP contribution in [0.2, 0.25) is 0 Å². The molecule has 0 saturated carbocycles. The molecular formula is C21H22N2O4. The van der Waals surface area contributed by atoms with Crippen LogP contribution < -0.4 is 14.8 Å². The largest absolute Gasteiger partial charge is 0.497 e. The van der Waals surface area contributed by atoms with Gasteiger partial charge in [0.1, 0.15) is 23.9 Å². The molecule has 0 saturated heterocycles. The number of carbonyl (C=O) groups is 1. The third-order valence-electron chi connectivity index (χ3n) is 4.29. The third-order valence-corrected chi connectivity index (χ3v) is 4.29. The van der Waals surface area contributed by atoms with Gasteiger partial charge in [0.15, 0.2) is 0 Å². The van der Waals surface area contributed by atoms with E-state index in [0.29, 0.717) is 24.5 Å². The van der Waals surface area contributed by atoms with E-state index in [4.69, 9.17) is 14.0 Å². The number of hydrogen-bond donors (Lipinski definition) is 1. The van der Waals surface area contributed by atoms with Gasteiger partial charge in [0.05, 0.1) is 18.4 Å². The number of hydrogen-bond acceptors (Lipinski definition) is 5. The lowest BCUT2D eigenvalue weighted by Crippen LogP contribution is -2.22. The number of nitrogens with one attached hydrogen (secondary N) is 1. The Morgan fingerprint density at radius 3 is 2.30 bits per heavy atom. The van der Waals surface area contributed by atoms with Crippen LogP contribution in [0, 0.1) is 13.8 Å². The Hall–Kier alpha value is -3.28. The summed E-state index contributed by atoms with van der Waals surface area (Å²) in [5.74, 6) is 2.09. The highest BCUT2D eigenvalue weighted by molar-refractivity contribution is 5.94. The molecule has 0 radical (unpaired) electrons. The minimum absolute atomic E-state index is 0.136. The van der Waals surface area contributed by atoms with E-state index in [0.717, 1.165) is 28.3 Å². The van der Waals surface area contributed by atoms with Gasteiger partial charge in [-0.3, -0.25) is 4.79 Å². The van der Waals surface area contributed by atoms with Crippen LogP contribution in [0.15, 0.2) is 53.1 Å². The number of nitrogens with zero attached hydrogens (tertiary/aromatic N) is 1. The maximum atomic E-state index is 12.3. The number of rotatable bonds is 7. The van der Waals surface area contributed by atoms with Crippen molar-refractivity contribution in [2.45, 2.75) is 27.0 Å². The molecular weight excluding hydrogens is 344 g/mol. The topological polar surface area (TPSA) is 73.6 Å². The van der Waals surface area contributed by atoms with Gasteiger partial charge in [-0.15, -0.1) is 0 Å². The monoisotopic (exact) mass is 366 g/mol. The van der Waals surface area contributed by atoms with Gasteiger partial charge >= 0.3 is 0 Å². The van der Waals surface area contributed by atoms with Crippen LogP contribution >= 0.6 is 0 Å². The second kappa shape index (κ2) is 8.40. The van der Waals surface area contributed by atoms with Crippen LogP contribution in [0.3, 0.4) is 0 Å². The van der Waals surface area contributed by atoms with Crippen molar-refractivity contribution >= 4 is 5.91 Å². The number of ether oxygens (including phenoxy) is 2. The lowest BCUT2D eigenvalue weighted by Gasteiger charge is -2.08. The smallest absolute Gasteiger partial charge is 0.251 e. The van der Waals surface area contributed by atoms with E-state index in [9.17, 15) is 4.79 Å². The molecule has 0 aliphatic carbocycles. The maximum Gasteiger partial charge on any atom is 0.251 e. The minimum atomic E-state index is -0.136. The summed E-state index contributed by atoms with van der Waals surface area (Å²) in [7, 11) is 1.62. The van der Waals surface area contributed by atoms with Crippen molar-refractivity contribution in [3.05, 3.63) is 76.7 Å². The average Bonchev–Trinajstić information content (AvgIpc) is 3.03. The van der Waals surface area contributed by atoms with Crippen molar-refractivity contribution in [3.8, 4) is 11.5 Å². The molecule has 0 bridgehead atoms. The molecule has 6 nitrogen and oxygen atoms in total. The average molecular weight is 366 g/mol. The van der Waals surface area contributed by atoms with Gasteiger partial charge in [-0.25, -0.2) is 0 Å². The molecule has 0 atom stereocenters. The number of carbonyl (C=O) groups excluding carboxylic acids is 1. The van der Waals surface area contributed by atoms with Crippen molar-refractivity contribution < 1.29 is 18.8 Å². The van der Waals surface area contributed by atoms with Crippen molar-refractivity contribution in [3.63, 3.8) is 0 Å². The predicted octanol–water partition coefficient (Wildman–Crippen LogP) is 3.81. The first kappa shape index (κ1) is 18.5. The second-order valence-electron chi connectivity index (χ2n) is 6.15. The number of amides is 1. The molecule has 1 N–H and O–H groups in total. The molecule has 0 aliphatic heterocycles. The standard InChI is InChI=1S/C21H22N2O4/c1-14-20(15(2)27-23-14)13-26-19-10-6-17(7-11-19)21(24)22-12-16-4-8-18(25-3)9-5-16/h4-11H,12-13H2,1-3H3,(H,22,24). The van der Waals surface area contributed by atoms with Gasteiger partial charge in [0, 0.05) is 12.1 Å². The first-order chi connectivity index (χ1) is 13.1. The zero-order chi connectivity index (χ0) is 19.2. The van der Waals surface area contributed by atoms with Crippen molar-refractivity contribution in [1.82, 2.24) is 10.5 Å². The highest BCUT2D eigenvalue weighted by Gasteiger charge is 2.10. The Kier molecular flexibility index (Phi) is 5.76. The lowest BCUT2D eigenvalue weighted by molar-refractivity contribution is 0.0951. The first-order valence-corrected chi connectivity index (χ1v) is 8.62.